The SMILES string of the molecule is O=C(CSc1nnc(Cc2cccs2)n1-c1ccccc1)N1CCc2[nH]c3ccccc3c2C1. The number of hydrogen-bond acceptors (Lipinski definition) is 5. The molecule has 34 heavy (non-hydrogen) atoms. The lowest BCUT2D eigenvalue weighted by Gasteiger charge is -2.27. The van der Waals surface area contributed by atoms with Gasteiger partial charge in [0, 0.05) is 58.7 Å². The molecule has 3 aromatic heterocycles. The topological polar surface area (TPSA) is 66.8 Å². The van der Waals surface area contributed by atoms with Gasteiger partial charge >= 0.3 is 0 Å². The number of amides is 1. The summed E-state index contributed by atoms with van der Waals surface area (Å²) in [5.74, 6) is 1.34. The van der Waals surface area contributed by atoms with E-state index in [-0.39, 0.29) is 5.91 Å². The average molecular weight is 486 g/mol. The predicted molar refractivity (Wildman–Crippen MR) is 137 cm³/mol. The van der Waals surface area contributed by atoms with Gasteiger partial charge in [-0.05, 0) is 29.6 Å². The fraction of sp³-hybridized carbons (Fsp3) is 0.192. The smallest absolute Gasteiger partial charge is 0.233 e. The zero-order chi connectivity index (χ0) is 22.9. The third kappa shape index (κ3) is 4.03. The van der Waals surface area contributed by atoms with Crippen molar-refractivity contribution >= 4 is 39.9 Å². The van der Waals surface area contributed by atoms with Crippen LogP contribution in [0, 0.1) is 0 Å². The second kappa shape index (κ2) is 9.12. The van der Waals surface area contributed by atoms with Crippen molar-refractivity contribution in [3.05, 3.63) is 94.1 Å². The van der Waals surface area contributed by atoms with Crippen LogP contribution >= 0.6 is 23.1 Å². The second-order valence-electron chi connectivity index (χ2n) is 8.31. The fourth-order valence-corrected chi connectivity index (χ4v) is 6.09. The molecule has 2 aromatic carbocycles. The standard InChI is InChI=1S/C26H23N5OS2/c32-25(30-13-12-23-21(16-30)20-10-4-5-11-22(20)27-23)17-34-26-29-28-24(15-19-9-6-14-33-19)31(26)18-7-2-1-3-8-18/h1-11,14,27H,12-13,15-17H2. The highest BCUT2D eigenvalue weighted by Crippen LogP contribution is 2.29. The molecular formula is C26H23N5OS2. The van der Waals surface area contributed by atoms with Crippen LogP contribution in [0.1, 0.15) is 22.0 Å². The van der Waals surface area contributed by atoms with Crippen molar-refractivity contribution in [2.75, 3.05) is 12.3 Å². The molecule has 1 aliphatic heterocycles. The van der Waals surface area contributed by atoms with Gasteiger partial charge in [-0.1, -0.05) is 54.2 Å². The quantitative estimate of drug-likeness (QED) is 0.341. The van der Waals surface area contributed by atoms with Gasteiger partial charge < -0.3 is 9.88 Å². The van der Waals surface area contributed by atoms with Crippen molar-refractivity contribution in [3.8, 4) is 5.69 Å². The minimum Gasteiger partial charge on any atom is -0.358 e. The zero-order valence-corrected chi connectivity index (χ0v) is 20.1. The van der Waals surface area contributed by atoms with Gasteiger partial charge in [-0.2, -0.15) is 0 Å². The van der Waals surface area contributed by atoms with Crippen LogP contribution in [0.2, 0.25) is 0 Å². The molecule has 5 aromatic rings. The van der Waals surface area contributed by atoms with E-state index in [0.29, 0.717) is 18.7 Å². The maximum Gasteiger partial charge on any atom is 0.233 e. The van der Waals surface area contributed by atoms with Crippen LogP contribution < -0.4 is 0 Å². The Balaban J connectivity index is 1.21. The van der Waals surface area contributed by atoms with Crippen LogP contribution in [-0.4, -0.2) is 42.9 Å². The molecule has 0 unspecified atom stereocenters. The van der Waals surface area contributed by atoms with Crippen molar-refractivity contribution in [2.45, 2.75) is 24.5 Å². The van der Waals surface area contributed by atoms with Crippen molar-refractivity contribution < 1.29 is 4.79 Å². The van der Waals surface area contributed by atoms with E-state index < -0.39 is 0 Å². The molecule has 0 fully saturated rings. The van der Waals surface area contributed by atoms with Gasteiger partial charge in [0.2, 0.25) is 5.91 Å². The zero-order valence-electron chi connectivity index (χ0n) is 18.5. The Hall–Kier alpha value is -3.36. The Morgan fingerprint density at radius 3 is 2.74 bits per heavy atom. The first-order chi connectivity index (χ1) is 16.8. The number of para-hydroxylation sites is 2. The van der Waals surface area contributed by atoms with Gasteiger partial charge in [0.25, 0.3) is 0 Å². The van der Waals surface area contributed by atoms with E-state index in [4.69, 9.17) is 0 Å². The lowest BCUT2D eigenvalue weighted by atomic mass is 10.0. The Morgan fingerprint density at radius 1 is 1.03 bits per heavy atom. The van der Waals surface area contributed by atoms with E-state index in [9.17, 15) is 4.79 Å². The van der Waals surface area contributed by atoms with Gasteiger partial charge in [0.05, 0.1) is 5.75 Å². The number of benzene rings is 2. The maximum absolute atomic E-state index is 13.2. The first-order valence-corrected chi connectivity index (χ1v) is 13.1. The molecule has 4 heterocycles. The number of fused-ring (bicyclic) bond motifs is 3. The number of thiophene rings is 1. The number of hydrogen-bond donors (Lipinski definition) is 1. The summed E-state index contributed by atoms with van der Waals surface area (Å²) in [6.07, 6.45) is 1.56. The van der Waals surface area contributed by atoms with Gasteiger partial charge in [-0.3, -0.25) is 9.36 Å². The number of nitrogens with one attached hydrogen (secondary N) is 1. The molecule has 0 spiro atoms. The lowest BCUT2D eigenvalue weighted by Crippen LogP contribution is -2.36. The van der Waals surface area contributed by atoms with E-state index in [1.54, 1.807) is 11.3 Å². The van der Waals surface area contributed by atoms with Crippen molar-refractivity contribution in [1.82, 2.24) is 24.6 Å². The van der Waals surface area contributed by atoms with Gasteiger partial charge in [-0.25, -0.2) is 0 Å². The van der Waals surface area contributed by atoms with Crippen molar-refractivity contribution in [3.63, 3.8) is 0 Å². The Kier molecular flexibility index (Phi) is 5.68. The number of carbonyl (C=O) groups is 1. The van der Waals surface area contributed by atoms with E-state index in [1.165, 1.54) is 33.3 Å². The summed E-state index contributed by atoms with van der Waals surface area (Å²) in [5.41, 5.74) is 4.65. The normalized spacial score (nSPS) is 13.4. The molecule has 170 valence electrons. The molecule has 0 saturated carbocycles. The molecule has 6 nitrogen and oxygen atoms in total. The van der Waals surface area contributed by atoms with Crippen LogP contribution in [0.15, 0.2) is 77.3 Å². The number of thioether (sulfide) groups is 1. The predicted octanol–water partition coefficient (Wildman–Crippen LogP) is 5.08. The van der Waals surface area contributed by atoms with Crippen LogP contribution in [0.4, 0.5) is 0 Å². The maximum atomic E-state index is 13.2. The summed E-state index contributed by atoms with van der Waals surface area (Å²) in [6.45, 7) is 1.38. The summed E-state index contributed by atoms with van der Waals surface area (Å²) in [5, 5.41) is 13.0. The highest BCUT2D eigenvalue weighted by atomic mass is 32.2. The van der Waals surface area contributed by atoms with Crippen molar-refractivity contribution in [1.29, 1.82) is 0 Å². The average Bonchev–Trinajstić information content (AvgIpc) is 3.62. The minimum atomic E-state index is 0.128. The molecule has 0 saturated heterocycles. The molecule has 0 bridgehead atoms. The van der Waals surface area contributed by atoms with E-state index in [1.807, 2.05) is 29.2 Å². The Bertz CT molecular complexity index is 1440. The summed E-state index contributed by atoms with van der Waals surface area (Å²) < 4.78 is 2.08. The highest BCUT2D eigenvalue weighted by molar-refractivity contribution is 7.99. The number of aromatic nitrogens is 4. The van der Waals surface area contributed by atoms with E-state index >= 15 is 0 Å². The van der Waals surface area contributed by atoms with Gasteiger partial charge in [0.15, 0.2) is 5.16 Å². The monoisotopic (exact) mass is 485 g/mol. The second-order valence-corrected chi connectivity index (χ2v) is 10.3. The number of H-pyrrole nitrogens is 1. The summed E-state index contributed by atoms with van der Waals surface area (Å²) >= 11 is 3.17. The number of aromatic amines is 1. The summed E-state index contributed by atoms with van der Waals surface area (Å²) in [4.78, 5) is 19.9. The molecular weight excluding hydrogens is 462 g/mol. The van der Waals surface area contributed by atoms with Crippen LogP contribution in [0.25, 0.3) is 16.6 Å². The largest absolute Gasteiger partial charge is 0.358 e. The summed E-state index contributed by atoms with van der Waals surface area (Å²) in [6, 6.07) is 22.6. The van der Waals surface area contributed by atoms with Crippen LogP contribution in [0.5, 0.6) is 0 Å². The minimum absolute atomic E-state index is 0.128. The van der Waals surface area contributed by atoms with Crippen LogP contribution in [-0.2, 0) is 24.2 Å². The van der Waals surface area contributed by atoms with Gasteiger partial charge in [-0.15, -0.1) is 21.5 Å². The van der Waals surface area contributed by atoms with Crippen LogP contribution in [0.3, 0.4) is 0 Å². The van der Waals surface area contributed by atoms with E-state index in [2.05, 4.69) is 67.6 Å². The Labute approximate surface area is 205 Å². The third-order valence-corrected chi connectivity index (χ3v) is 7.98. The number of rotatable bonds is 6. The number of nitrogens with zero attached hydrogens (tertiary/aromatic N) is 4. The van der Waals surface area contributed by atoms with E-state index in [0.717, 1.165) is 35.2 Å². The third-order valence-electron chi connectivity index (χ3n) is 6.19. The molecule has 1 amide bonds. The van der Waals surface area contributed by atoms with Gasteiger partial charge in [0.1, 0.15) is 5.82 Å². The molecule has 6 rings (SSSR count). The molecule has 0 aliphatic carbocycles. The lowest BCUT2D eigenvalue weighted by molar-refractivity contribution is -0.129. The fourth-order valence-electron chi connectivity index (χ4n) is 4.51. The van der Waals surface area contributed by atoms with Crippen molar-refractivity contribution in [2.24, 2.45) is 0 Å². The molecule has 1 N–H and O–H groups in total. The highest BCUT2D eigenvalue weighted by Gasteiger charge is 2.25. The Morgan fingerprint density at radius 2 is 1.88 bits per heavy atom. The molecule has 8 heteroatoms. The first kappa shape index (κ1) is 21.2. The first-order valence-electron chi connectivity index (χ1n) is 11.3. The molecule has 0 atom stereocenters. The number of carbonyl (C=O) groups excluding carboxylic acids is 1. The summed E-state index contributed by atoms with van der Waals surface area (Å²) in [7, 11) is 0. The molecule has 1 aliphatic rings. The molecule has 0 radical (unpaired) electrons.